The molecule has 0 amide bonds. The van der Waals surface area contributed by atoms with E-state index in [1.54, 1.807) is 0 Å². The van der Waals surface area contributed by atoms with Crippen molar-refractivity contribution in [3.8, 4) is 0 Å². The van der Waals surface area contributed by atoms with E-state index in [-0.39, 0.29) is 32.8 Å². The standard InChI is InChI=1S/2C21H21P.ClH.Pd/c2*1-16-10-4-7-13-19(16)22(20-14-8-5-11-17(20)2)21-15-9-6-12-18(21)3;;/h2*4-15H,1-3H3;1H;/p+2. The first kappa shape index (κ1) is 37.6. The predicted molar refractivity (Wildman–Crippen MR) is 209 cm³/mol. The number of hydrogen-bond acceptors (Lipinski definition) is 0. The summed E-state index contributed by atoms with van der Waals surface area (Å²) >= 11 is 0. The van der Waals surface area contributed by atoms with Gasteiger partial charge in [-0.25, -0.2) is 0 Å². The Bertz CT molecular complexity index is 1510. The van der Waals surface area contributed by atoms with E-state index in [4.69, 9.17) is 0 Å². The van der Waals surface area contributed by atoms with Gasteiger partial charge in [-0.15, -0.1) is 12.4 Å². The first-order valence-electron chi connectivity index (χ1n) is 15.5. The first-order chi connectivity index (χ1) is 21.4. The Kier molecular flexibility index (Phi) is 14.6. The van der Waals surface area contributed by atoms with E-state index >= 15 is 0 Å². The number of benzene rings is 6. The Hall–Kier alpha value is -2.87. The molecule has 238 valence electrons. The Morgan fingerprint density at radius 3 is 0.522 bits per heavy atom. The minimum Gasteiger partial charge on any atom is -0.147 e. The molecular weight excluding hydrogens is 708 g/mol. The Labute approximate surface area is 299 Å². The second kappa shape index (κ2) is 17.9. The van der Waals surface area contributed by atoms with Crippen LogP contribution in [0.4, 0.5) is 0 Å². The van der Waals surface area contributed by atoms with Crippen molar-refractivity contribution in [3.05, 3.63) is 179 Å². The molecule has 0 heterocycles. The fourth-order valence-electron chi connectivity index (χ4n) is 5.99. The molecule has 0 unspecified atom stereocenters. The number of aryl methyl sites for hydroxylation is 6. The van der Waals surface area contributed by atoms with Crippen molar-refractivity contribution < 1.29 is 20.4 Å². The van der Waals surface area contributed by atoms with Gasteiger partial charge in [0, 0.05) is 20.4 Å². The summed E-state index contributed by atoms with van der Waals surface area (Å²) < 4.78 is 0. The van der Waals surface area contributed by atoms with Gasteiger partial charge in [0.25, 0.3) is 0 Å². The van der Waals surface area contributed by atoms with Gasteiger partial charge in [-0.2, -0.15) is 0 Å². The number of hydrogen-bond donors (Lipinski definition) is 0. The smallest absolute Gasteiger partial charge is 0.105 e. The average molecular weight is 754 g/mol. The van der Waals surface area contributed by atoms with Gasteiger partial charge in [0.15, 0.2) is 0 Å². The van der Waals surface area contributed by atoms with Crippen LogP contribution in [-0.4, -0.2) is 0 Å². The zero-order valence-corrected chi connectivity index (χ0v) is 32.0. The number of halogens is 1. The van der Waals surface area contributed by atoms with Gasteiger partial charge in [-0.1, -0.05) is 109 Å². The van der Waals surface area contributed by atoms with E-state index in [0.29, 0.717) is 0 Å². The molecule has 0 nitrogen and oxygen atoms in total. The third kappa shape index (κ3) is 8.73. The molecule has 0 atom stereocenters. The summed E-state index contributed by atoms with van der Waals surface area (Å²) in [4.78, 5) is 0. The molecule has 0 aliphatic rings. The number of rotatable bonds is 6. The topological polar surface area (TPSA) is 0 Å². The van der Waals surface area contributed by atoms with Crippen LogP contribution in [0.2, 0.25) is 0 Å². The average Bonchev–Trinajstić information content (AvgIpc) is 3.03. The van der Waals surface area contributed by atoms with Crippen molar-refractivity contribution in [2.75, 3.05) is 0 Å². The van der Waals surface area contributed by atoms with E-state index in [9.17, 15) is 0 Å². The van der Waals surface area contributed by atoms with Crippen LogP contribution < -0.4 is 31.8 Å². The SMILES string of the molecule is Cc1ccccc1[PH+](c1ccccc1C)c1ccccc1C.Cc1ccccc1[PH+](c1ccccc1C)c1ccccc1C.Cl.[Pd]. The molecule has 0 aliphatic heterocycles. The zero-order chi connectivity index (χ0) is 31.1. The molecule has 6 aromatic carbocycles. The maximum Gasteiger partial charge on any atom is 0.105 e. The molecule has 0 saturated carbocycles. The van der Waals surface area contributed by atoms with Crippen molar-refractivity contribution >= 4 is 60.1 Å². The zero-order valence-electron chi connectivity index (χ0n) is 27.6. The van der Waals surface area contributed by atoms with Gasteiger partial charge in [0.05, 0.1) is 15.8 Å². The van der Waals surface area contributed by atoms with Gasteiger partial charge in [0.2, 0.25) is 0 Å². The van der Waals surface area contributed by atoms with Gasteiger partial charge in [0.1, 0.15) is 31.8 Å². The maximum atomic E-state index is 2.31. The van der Waals surface area contributed by atoms with Crippen LogP contribution in [0.1, 0.15) is 33.4 Å². The third-order valence-electron chi connectivity index (χ3n) is 8.49. The second-order valence-electron chi connectivity index (χ2n) is 11.6. The van der Waals surface area contributed by atoms with E-state index in [1.807, 2.05) is 0 Å². The van der Waals surface area contributed by atoms with Gasteiger partial charge in [-0.05, 0) is 111 Å². The van der Waals surface area contributed by atoms with Crippen molar-refractivity contribution in [2.45, 2.75) is 41.5 Å². The van der Waals surface area contributed by atoms with Crippen LogP contribution in [0.15, 0.2) is 146 Å². The summed E-state index contributed by atoms with van der Waals surface area (Å²) in [5.41, 5.74) is 8.35. The summed E-state index contributed by atoms with van der Waals surface area (Å²) in [6.45, 7) is 13.4. The Morgan fingerprint density at radius 2 is 0.391 bits per heavy atom. The first-order valence-corrected chi connectivity index (χ1v) is 18.5. The van der Waals surface area contributed by atoms with Gasteiger partial charge < -0.3 is 0 Å². The van der Waals surface area contributed by atoms with Crippen LogP contribution in [-0.2, 0) is 20.4 Å². The molecular formula is C42H45ClP2Pd+2. The summed E-state index contributed by atoms with van der Waals surface area (Å²) in [6, 6.07) is 53.1. The van der Waals surface area contributed by atoms with Crippen LogP contribution in [0.3, 0.4) is 0 Å². The van der Waals surface area contributed by atoms with Crippen molar-refractivity contribution in [1.82, 2.24) is 0 Å². The molecule has 0 radical (unpaired) electrons. The third-order valence-corrected chi connectivity index (χ3v) is 15.1. The Morgan fingerprint density at radius 1 is 0.261 bits per heavy atom. The van der Waals surface area contributed by atoms with Crippen molar-refractivity contribution in [2.24, 2.45) is 0 Å². The van der Waals surface area contributed by atoms with E-state index in [0.717, 1.165) is 0 Å². The minimum absolute atomic E-state index is 0. The van der Waals surface area contributed by atoms with E-state index in [1.165, 1.54) is 65.2 Å². The summed E-state index contributed by atoms with van der Waals surface area (Å²) in [5.74, 6) is 0. The van der Waals surface area contributed by atoms with Crippen LogP contribution >= 0.6 is 28.3 Å². The largest absolute Gasteiger partial charge is 0.147 e. The van der Waals surface area contributed by atoms with Gasteiger partial charge in [-0.3, -0.25) is 0 Å². The molecule has 4 heteroatoms. The molecule has 0 aliphatic carbocycles. The maximum absolute atomic E-state index is 2.31. The molecule has 6 rings (SSSR count). The van der Waals surface area contributed by atoms with E-state index < -0.39 is 15.8 Å². The van der Waals surface area contributed by atoms with Crippen molar-refractivity contribution in [1.29, 1.82) is 0 Å². The van der Waals surface area contributed by atoms with Crippen LogP contribution in [0, 0.1) is 41.5 Å². The van der Waals surface area contributed by atoms with E-state index in [2.05, 4.69) is 187 Å². The quantitative estimate of drug-likeness (QED) is 0.118. The molecule has 6 aromatic rings. The molecule has 0 bridgehead atoms. The normalized spacial score (nSPS) is 10.4. The monoisotopic (exact) mass is 752 g/mol. The van der Waals surface area contributed by atoms with Crippen molar-refractivity contribution in [3.63, 3.8) is 0 Å². The minimum atomic E-state index is -0.968. The summed E-state index contributed by atoms with van der Waals surface area (Å²) in [6.07, 6.45) is 0. The fourth-order valence-corrected chi connectivity index (χ4v) is 12.2. The molecule has 0 fully saturated rings. The fraction of sp³-hybridized carbons (Fsp3) is 0.143. The summed E-state index contributed by atoms with van der Waals surface area (Å²) in [5, 5.41) is 8.98. The molecule has 0 N–H and O–H groups in total. The van der Waals surface area contributed by atoms with Gasteiger partial charge >= 0.3 is 0 Å². The molecule has 0 saturated heterocycles. The van der Waals surface area contributed by atoms with Crippen LogP contribution in [0.5, 0.6) is 0 Å². The predicted octanol–water partition coefficient (Wildman–Crippen LogP) is 8.62. The Balaban J connectivity index is 0.000000240. The molecule has 0 spiro atoms. The molecule has 46 heavy (non-hydrogen) atoms. The second-order valence-corrected chi connectivity index (χ2v) is 16.4. The van der Waals surface area contributed by atoms with Crippen LogP contribution in [0.25, 0.3) is 0 Å². The summed E-state index contributed by atoms with van der Waals surface area (Å²) in [7, 11) is -1.94. The molecule has 0 aromatic heterocycles.